The number of hydrogen-bond donors (Lipinski definition) is 1. The Balaban J connectivity index is 1.88. The van der Waals surface area contributed by atoms with Gasteiger partial charge in [-0.15, -0.1) is 0 Å². The smallest absolute Gasteiger partial charge is 0.0700 e. The van der Waals surface area contributed by atoms with Gasteiger partial charge in [0.15, 0.2) is 0 Å². The Labute approximate surface area is 86.9 Å². The third-order valence-electron chi connectivity index (χ3n) is 2.93. The SMILES string of the molecule is CCOCCOCCC1CCCC1N. The maximum absolute atomic E-state index is 5.96. The molecule has 0 heterocycles. The minimum absolute atomic E-state index is 0.422. The molecule has 0 aromatic rings. The van der Waals surface area contributed by atoms with Gasteiger partial charge in [-0.3, -0.25) is 0 Å². The van der Waals surface area contributed by atoms with Crippen molar-refractivity contribution in [3.63, 3.8) is 0 Å². The van der Waals surface area contributed by atoms with Crippen molar-refractivity contribution in [1.82, 2.24) is 0 Å². The molecule has 1 aliphatic rings. The first-order chi connectivity index (χ1) is 6.84. The van der Waals surface area contributed by atoms with Crippen LogP contribution in [0.15, 0.2) is 0 Å². The second kappa shape index (κ2) is 7.21. The molecule has 0 aromatic heterocycles. The van der Waals surface area contributed by atoms with Crippen molar-refractivity contribution in [2.75, 3.05) is 26.4 Å². The van der Waals surface area contributed by atoms with E-state index < -0.39 is 0 Å². The van der Waals surface area contributed by atoms with E-state index in [1.807, 2.05) is 6.92 Å². The second-order valence-electron chi connectivity index (χ2n) is 3.95. The average molecular weight is 201 g/mol. The molecule has 14 heavy (non-hydrogen) atoms. The first-order valence-electron chi connectivity index (χ1n) is 5.75. The van der Waals surface area contributed by atoms with Crippen molar-refractivity contribution in [2.24, 2.45) is 11.7 Å². The normalized spacial score (nSPS) is 27.0. The van der Waals surface area contributed by atoms with Gasteiger partial charge in [0.2, 0.25) is 0 Å². The summed E-state index contributed by atoms with van der Waals surface area (Å²) in [6, 6.07) is 0.422. The summed E-state index contributed by atoms with van der Waals surface area (Å²) in [4.78, 5) is 0. The summed E-state index contributed by atoms with van der Waals surface area (Å²) in [6.45, 7) is 5.04. The van der Waals surface area contributed by atoms with Crippen molar-refractivity contribution in [1.29, 1.82) is 0 Å². The molecule has 0 radical (unpaired) electrons. The van der Waals surface area contributed by atoms with Gasteiger partial charge in [0.25, 0.3) is 0 Å². The molecule has 0 spiro atoms. The Morgan fingerprint density at radius 3 is 2.57 bits per heavy atom. The molecule has 3 nitrogen and oxygen atoms in total. The third kappa shape index (κ3) is 4.40. The Bertz CT molecular complexity index is 141. The molecule has 2 atom stereocenters. The molecular weight excluding hydrogens is 178 g/mol. The summed E-state index contributed by atoms with van der Waals surface area (Å²) < 4.78 is 10.6. The van der Waals surface area contributed by atoms with Crippen LogP contribution in [-0.4, -0.2) is 32.5 Å². The Hall–Kier alpha value is -0.120. The minimum Gasteiger partial charge on any atom is -0.379 e. The minimum atomic E-state index is 0.422. The van der Waals surface area contributed by atoms with Crippen LogP contribution in [-0.2, 0) is 9.47 Å². The monoisotopic (exact) mass is 201 g/mol. The van der Waals surface area contributed by atoms with Gasteiger partial charge in [0, 0.05) is 19.3 Å². The van der Waals surface area contributed by atoms with Crippen LogP contribution in [0.4, 0.5) is 0 Å². The zero-order valence-corrected chi connectivity index (χ0v) is 9.21. The van der Waals surface area contributed by atoms with Crippen LogP contribution < -0.4 is 5.73 Å². The third-order valence-corrected chi connectivity index (χ3v) is 2.93. The predicted octanol–water partition coefficient (Wildman–Crippen LogP) is 1.56. The summed E-state index contributed by atoms with van der Waals surface area (Å²) in [7, 11) is 0. The fourth-order valence-electron chi connectivity index (χ4n) is 2.02. The first kappa shape index (κ1) is 12.0. The van der Waals surface area contributed by atoms with E-state index in [0.29, 0.717) is 18.6 Å². The summed E-state index contributed by atoms with van der Waals surface area (Å²) in [5, 5.41) is 0. The van der Waals surface area contributed by atoms with Gasteiger partial charge in [0.1, 0.15) is 0 Å². The fraction of sp³-hybridized carbons (Fsp3) is 1.00. The van der Waals surface area contributed by atoms with Crippen LogP contribution in [0.25, 0.3) is 0 Å². The lowest BCUT2D eigenvalue weighted by atomic mass is 10.0. The van der Waals surface area contributed by atoms with E-state index in [9.17, 15) is 0 Å². The topological polar surface area (TPSA) is 44.5 Å². The predicted molar refractivity (Wildman–Crippen MR) is 57.2 cm³/mol. The van der Waals surface area contributed by atoms with Gasteiger partial charge >= 0.3 is 0 Å². The van der Waals surface area contributed by atoms with Gasteiger partial charge in [-0.05, 0) is 32.1 Å². The van der Waals surface area contributed by atoms with E-state index in [2.05, 4.69) is 0 Å². The highest BCUT2D eigenvalue weighted by Crippen LogP contribution is 2.26. The molecule has 1 saturated carbocycles. The summed E-state index contributed by atoms with van der Waals surface area (Å²) >= 11 is 0. The van der Waals surface area contributed by atoms with Crippen LogP contribution in [0.1, 0.15) is 32.6 Å². The molecule has 84 valence electrons. The van der Waals surface area contributed by atoms with Crippen LogP contribution in [0.2, 0.25) is 0 Å². The van der Waals surface area contributed by atoms with Crippen LogP contribution in [0, 0.1) is 5.92 Å². The van der Waals surface area contributed by atoms with Gasteiger partial charge in [-0.25, -0.2) is 0 Å². The zero-order valence-electron chi connectivity index (χ0n) is 9.21. The summed E-state index contributed by atoms with van der Waals surface area (Å²) in [5.41, 5.74) is 5.96. The highest BCUT2D eigenvalue weighted by Gasteiger charge is 2.22. The van der Waals surface area contributed by atoms with Crippen molar-refractivity contribution in [3.8, 4) is 0 Å². The molecule has 1 aliphatic carbocycles. The second-order valence-corrected chi connectivity index (χ2v) is 3.95. The largest absolute Gasteiger partial charge is 0.379 e. The zero-order chi connectivity index (χ0) is 10.2. The maximum Gasteiger partial charge on any atom is 0.0700 e. The van der Waals surface area contributed by atoms with Gasteiger partial charge in [-0.1, -0.05) is 6.42 Å². The Kier molecular flexibility index (Phi) is 6.15. The molecule has 2 N–H and O–H groups in total. The van der Waals surface area contributed by atoms with Crippen LogP contribution in [0.3, 0.4) is 0 Å². The van der Waals surface area contributed by atoms with E-state index >= 15 is 0 Å². The lowest BCUT2D eigenvalue weighted by Gasteiger charge is -2.14. The highest BCUT2D eigenvalue weighted by molar-refractivity contribution is 4.79. The van der Waals surface area contributed by atoms with Crippen molar-refractivity contribution >= 4 is 0 Å². The molecule has 3 heteroatoms. The van der Waals surface area contributed by atoms with Gasteiger partial charge in [0.05, 0.1) is 13.2 Å². The van der Waals surface area contributed by atoms with Crippen molar-refractivity contribution in [3.05, 3.63) is 0 Å². The lowest BCUT2D eigenvalue weighted by molar-refractivity contribution is 0.0471. The van der Waals surface area contributed by atoms with Gasteiger partial charge in [-0.2, -0.15) is 0 Å². The highest BCUT2D eigenvalue weighted by atomic mass is 16.5. The Morgan fingerprint density at radius 1 is 1.14 bits per heavy atom. The molecule has 2 unspecified atom stereocenters. The lowest BCUT2D eigenvalue weighted by Crippen LogP contribution is -2.25. The summed E-state index contributed by atoms with van der Waals surface area (Å²) in [6.07, 6.45) is 4.90. The fourth-order valence-corrected chi connectivity index (χ4v) is 2.02. The van der Waals surface area contributed by atoms with Crippen LogP contribution >= 0.6 is 0 Å². The number of rotatable bonds is 7. The number of ether oxygens (including phenoxy) is 2. The van der Waals surface area contributed by atoms with Crippen molar-refractivity contribution < 1.29 is 9.47 Å². The van der Waals surface area contributed by atoms with E-state index in [1.54, 1.807) is 0 Å². The molecule has 1 fully saturated rings. The molecule has 1 rings (SSSR count). The number of nitrogens with two attached hydrogens (primary N) is 1. The average Bonchev–Trinajstić information content (AvgIpc) is 2.58. The first-order valence-corrected chi connectivity index (χ1v) is 5.75. The Morgan fingerprint density at radius 2 is 1.93 bits per heavy atom. The molecule has 0 amide bonds. The van der Waals surface area contributed by atoms with Gasteiger partial charge < -0.3 is 15.2 Å². The molecule has 0 bridgehead atoms. The van der Waals surface area contributed by atoms with Crippen LogP contribution in [0.5, 0.6) is 0 Å². The molecular formula is C11H23NO2. The van der Waals surface area contributed by atoms with Crippen molar-refractivity contribution in [2.45, 2.75) is 38.6 Å². The van der Waals surface area contributed by atoms with E-state index in [1.165, 1.54) is 19.3 Å². The standard InChI is InChI=1S/C11H23NO2/c1-2-13-8-9-14-7-6-10-4-3-5-11(10)12/h10-11H,2-9,12H2,1H3. The maximum atomic E-state index is 5.96. The molecule has 0 saturated heterocycles. The number of hydrogen-bond acceptors (Lipinski definition) is 3. The quantitative estimate of drug-likeness (QED) is 0.636. The molecule has 0 aliphatic heterocycles. The van der Waals surface area contributed by atoms with E-state index in [4.69, 9.17) is 15.2 Å². The summed E-state index contributed by atoms with van der Waals surface area (Å²) in [5.74, 6) is 0.696. The molecule has 0 aromatic carbocycles. The van der Waals surface area contributed by atoms with E-state index in [0.717, 1.165) is 26.2 Å². The van der Waals surface area contributed by atoms with E-state index in [-0.39, 0.29) is 0 Å².